The van der Waals surface area contributed by atoms with Crippen molar-refractivity contribution in [2.24, 2.45) is 0 Å². The Morgan fingerprint density at radius 3 is 2.70 bits per heavy atom. The van der Waals surface area contributed by atoms with Gasteiger partial charge in [0, 0.05) is 51.2 Å². The molecule has 0 radical (unpaired) electrons. The van der Waals surface area contributed by atoms with Gasteiger partial charge in [0.1, 0.15) is 5.82 Å². The average molecular weight is 316 g/mol. The van der Waals surface area contributed by atoms with E-state index in [2.05, 4.69) is 14.9 Å². The number of aromatic nitrogens is 2. The third-order valence-electron chi connectivity index (χ3n) is 4.09. The number of anilines is 1. The van der Waals surface area contributed by atoms with Gasteiger partial charge in [0.05, 0.1) is 6.10 Å². The van der Waals surface area contributed by atoms with Crippen LogP contribution in [-0.2, 0) is 6.54 Å². The van der Waals surface area contributed by atoms with E-state index in [0.29, 0.717) is 25.5 Å². The predicted molar refractivity (Wildman–Crippen MR) is 86.5 cm³/mol. The van der Waals surface area contributed by atoms with Crippen LogP contribution in [-0.4, -0.2) is 46.7 Å². The highest BCUT2D eigenvalue weighted by Crippen LogP contribution is 2.33. The molecule has 5 nitrogen and oxygen atoms in total. The number of hydrogen-bond donors (Lipinski definition) is 1. The van der Waals surface area contributed by atoms with E-state index in [4.69, 9.17) is 0 Å². The fourth-order valence-corrected chi connectivity index (χ4v) is 3.01. The Bertz CT molecular complexity index is 662. The number of hydrogen-bond acceptors (Lipinski definition) is 5. The summed E-state index contributed by atoms with van der Waals surface area (Å²) < 4.78 is 13.5. The topological polar surface area (TPSA) is 52.5 Å². The highest BCUT2D eigenvalue weighted by molar-refractivity contribution is 5.27. The van der Waals surface area contributed by atoms with Crippen molar-refractivity contribution in [1.29, 1.82) is 0 Å². The number of benzene rings is 1. The lowest BCUT2D eigenvalue weighted by Crippen LogP contribution is -2.24. The van der Waals surface area contributed by atoms with Crippen LogP contribution in [0.4, 0.5) is 10.3 Å². The first-order valence-corrected chi connectivity index (χ1v) is 7.69. The lowest BCUT2D eigenvalue weighted by molar-refractivity contribution is 0.172. The number of halogens is 1. The molecule has 1 fully saturated rings. The van der Waals surface area contributed by atoms with Gasteiger partial charge in [-0.05, 0) is 24.1 Å². The van der Waals surface area contributed by atoms with E-state index in [1.54, 1.807) is 24.5 Å². The number of aliphatic hydroxyl groups is 1. The Kier molecular flexibility index (Phi) is 4.54. The lowest BCUT2D eigenvalue weighted by Gasteiger charge is -2.24. The highest BCUT2D eigenvalue weighted by atomic mass is 19.1. The number of β-amino-alcohol motifs (C(OH)–C–C–N with tert-alkyl or cyclic N) is 1. The molecule has 0 amide bonds. The minimum absolute atomic E-state index is 0.00854. The first-order chi connectivity index (χ1) is 11.0. The number of likely N-dealkylation sites (tertiary alicyclic amines) is 1. The molecule has 1 aliphatic rings. The normalized spacial score (nSPS) is 21.6. The average Bonchev–Trinajstić information content (AvgIpc) is 2.88. The van der Waals surface area contributed by atoms with Crippen LogP contribution in [0.25, 0.3) is 0 Å². The van der Waals surface area contributed by atoms with Gasteiger partial charge < -0.3 is 10.0 Å². The fraction of sp³-hybridized carbons (Fsp3) is 0.412. The molecule has 6 heteroatoms. The maximum absolute atomic E-state index is 13.5. The van der Waals surface area contributed by atoms with Gasteiger partial charge in [-0.1, -0.05) is 12.1 Å². The quantitative estimate of drug-likeness (QED) is 0.935. The Labute approximate surface area is 135 Å². The molecule has 1 aromatic carbocycles. The third-order valence-corrected chi connectivity index (χ3v) is 4.09. The molecule has 1 aliphatic heterocycles. The summed E-state index contributed by atoms with van der Waals surface area (Å²) in [4.78, 5) is 12.6. The predicted octanol–water partition coefficient (Wildman–Crippen LogP) is 1.99. The molecule has 0 bridgehead atoms. The fourth-order valence-electron chi connectivity index (χ4n) is 3.01. The van der Waals surface area contributed by atoms with E-state index in [9.17, 15) is 9.50 Å². The van der Waals surface area contributed by atoms with Gasteiger partial charge in [-0.2, -0.15) is 0 Å². The molecule has 2 aromatic rings. The van der Waals surface area contributed by atoms with E-state index in [0.717, 1.165) is 11.1 Å². The SMILES string of the molecule is CN(C)c1ncc(CN2C[C@H](O)C[C@@H]2c2cccc(F)c2)cn1. The second-order valence-corrected chi connectivity index (χ2v) is 6.18. The summed E-state index contributed by atoms with van der Waals surface area (Å²) in [5.74, 6) is 0.416. The molecule has 0 unspecified atom stereocenters. The second kappa shape index (κ2) is 6.60. The largest absolute Gasteiger partial charge is 0.392 e. The summed E-state index contributed by atoms with van der Waals surface area (Å²) in [7, 11) is 3.79. The molecule has 2 atom stereocenters. The van der Waals surface area contributed by atoms with Crippen LogP contribution in [0.5, 0.6) is 0 Å². The van der Waals surface area contributed by atoms with Crippen molar-refractivity contribution in [3.8, 4) is 0 Å². The van der Waals surface area contributed by atoms with Crippen LogP contribution in [0.15, 0.2) is 36.7 Å². The molecule has 0 aliphatic carbocycles. The molecule has 122 valence electrons. The Balaban J connectivity index is 1.77. The van der Waals surface area contributed by atoms with Crippen molar-refractivity contribution in [3.63, 3.8) is 0 Å². The highest BCUT2D eigenvalue weighted by Gasteiger charge is 2.32. The second-order valence-electron chi connectivity index (χ2n) is 6.18. The Morgan fingerprint density at radius 1 is 1.30 bits per heavy atom. The zero-order valence-corrected chi connectivity index (χ0v) is 13.4. The number of aliphatic hydroxyl groups excluding tert-OH is 1. The standard InChI is InChI=1S/C17H21FN4O/c1-21(2)17-19-8-12(9-20-17)10-22-11-15(23)7-16(22)13-4-3-5-14(18)6-13/h3-6,8-9,15-16,23H,7,10-11H2,1-2H3/t15-,16-/m1/s1. The van der Waals surface area contributed by atoms with Crippen molar-refractivity contribution in [1.82, 2.24) is 14.9 Å². The molecule has 3 rings (SSSR count). The van der Waals surface area contributed by atoms with Gasteiger partial charge in [-0.15, -0.1) is 0 Å². The Morgan fingerprint density at radius 2 is 2.04 bits per heavy atom. The van der Waals surface area contributed by atoms with Gasteiger partial charge in [0.25, 0.3) is 0 Å². The van der Waals surface area contributed by atoms with E-state index < -0.39 is 6.10 Å². The van der Waals surface area contributed by atoms with E-state index in [1.807, 2.05) is 25.1 Å². The summed E-state index contributed by atoms with van der Waals surface area (Å²) in [6.07, 6.45) is 3.82. The third kappa shape index (κ3) is 3.65. The van der Waals surface area contributed by atoms with Crippen LogP contribution in [0.3, 0.4) is 0 Å². The van der Waals surface area contributed by atoms with Gasteiger partial charge in [0.15, 0.2) is 0 Å². The Hall–Kier alpha value is -2.05. The van der Waals surface area contributed by atoms with Crippen LogP contribution in [0.2, 0.25) is 0 Å². The number of nitrogens with zero attached hydrogens (tertiary/aromatic N) is 4. The van der Waals surface area contributed by atoms with Crippen molar-refractivity contribution in [2.75, 3.05) is 25.5 Å². The minimum atomic E-state index is -0.398. The maximum Gasteiger partial charge on any atom is 0.224 e. The van der Waals surface area contributed by atoms with Crippen LogP contribution < -0.4 is 4.90 Å². The minimum Gasteiger partial charge on any atom is -0.392 e. The summed E-state index contributed by atoms with van der Waals surface area (Å²) >= 11 is 0. The van der Waals surface area contributed by atoms with E-state index in [1.165, 1.54) is 6.07 Å². The monoisotopic (exact) mass is 316 g/mol. The molecule has 1 aromatic heterocycles. The van der Waals surface area contributed by atoms with Crippen molar-refractivity contribution in [2.45, 2.75) is 25.1 Å². The summed E-state index contributed by atoms with van der Waals surface area (Å²) in [6.45, 7) is 1.20. The maximum atomic E-state index is 13.5. The van der Waals surface area contributed by atoms with Crippen LogP contribution >= 0.6 is 0 Å². The molecule has 0 spiro atoms. The lowest BCUT2D eigenvalue weighted by atomic mass is 10.0. The van der Waals surface area contributed by atoms with Crippen molar-refractivity contribution in [3.05, 3.63) is 53.6 Å². The number of rotatable bonds is 4. The zero-order chi connectivity index (χ0) is 16.4. The van der Waals surface area contributed by atoms with Gasteiger partial charge in [-0.25, -0.2) is 14.4 Å². The summed E-state index contributed by atoms with van der Waals surface area (Å²) in [6, 6.07) is 6.61. The van der Waals surface area contributed by atoms with Crippen LogP contribution in [0, 0.1) is 5.82 Å². The van der Waals surface area contributed by atoms with Crippen molar-refractivity contribution >= 4 is 5.95 Å². The summed E-state index contributed by atoms with van der Waals surface area (Å²) in [5, 5.41) is 10.0. The van der Waals surface area contributed by atoms with Gasteiger partial charge >= 0.3 is 0 Å². The molecule has 2 heterocycles. The van der Waals surface area contributed by atoms with E-state index in [-0.39, 0.29) is 11.9 Å². The van der Waals surface area contributed by atoms with Crippen molar-refractivity contribution < 1.29 is 9.50 Å². The molecule has 0 saturated carbocycles. The molecule has 23 heavy (non-hydrogen) atoms. The first-order valence-electron chi connectivity index (χ1n) is 7.69. The zero-order valence-electron chi connectivity index (χ0n) is 13.4. The summed E-state index contributed by atoms with van der Waals surface area (Å²) in [5.41, 5.74) is 1.87. The molecule has 1 N–H and O–H groups in total. The molecular formula is C17H21FN4O. The smallest absolute Gasteiger partial charge is 0.224 e. The molecule has 1 saturated heterocycles. The van der Waals surface area contributed by atoms with Gasteiger partial charge in [0.2, 0.25) is 5.95 Å². The first kappa shape index (κ1) is 15.8. The molecular weight excluding hydrogens is 295 g/mol. The van der Waals surface area contributed by atoms with Crippen LogP contribution in [0.1, 0.15) is 23.6 Å². The van der Waals surface area contributed by atoms with E-state index >= 15 is 0 Å². The van der Waals surface area contributed by atoms with Gasteiger partial charge in [-0.3, -0.25) is 4.90 Å².